The Labute approximate surface area is 126 Å². The van der Waals surface area contributed by atoms with Gasteiger partial charge in [-0.15, -0.1) is 0 Å². The summed E-state index contributed by atoms with van der Waals surface area (Å²) in [6.07, 6.45) is 0. The zero-order valence-corrected chi connectivity index (χ0v) is 13.4. The van der Waals surface area contributed by atoms with Gasteiger partial charge >= 0.3 is 0 Å². The van der Waals surface area contributed by atoms with E-state index in [9.17, 15) is 10.1 Å². The molecule has 1 rings (SSSR count). The fourth-order valence-corrected chi connectivity index (χ4v) is 2.16. The Hall–Kier alpha value is -1.66. The monoisotopic (exact) mass is 295 g/mol. The van der Waals surface area contributed by atoms with Crippen LogP contribution >= 0.6 is 0 Å². The summed E-state index contributed by atoms with van der Waals surface area (Å²) in [5.74, 6) is 1.14. The van der Waals surface area contributed by atoms with E-state index in [1.807, 2.05) is 14.1 Å². The van der Waals surface area contributed by atoms with Crippen LogP contribution in [0.4, 0.5) is 5.69 Å². The Balaban J connectivity index is 2.84. The Morgan fingerprint density at radius 1 is 1.38 bits per heavy atom. The van der Waals surface area contributed by atoms with E-state index in [0.29, 0.717) is 24.3 Å². The maximum absolute atomic E-state index is 10.9. The van der Waals surface area contributed by atoms with Gasteiger partial charge in [-0.3, -0.25) is 10.1 Å². The number of nitrogens with zero attached hydrogens (tertiary/aromatic N) is 2. The molecule has 1 atom stereocenters. The summed E-state index contributed by atoms with van der Waals surface area (Å²) < 4.78 is 5.28. The molecule has 0 aliphatic rings. The first kappa shape index (κ1) is 17.4. The van der Waals surface area contributed by atoms with Gasteiger partial charge in [-0.2, -0.15) is 0 Å². The summed E-state index contributed by atoms with van der Waals surface area (Å²) in [5.41, 5.74) is 0.886. The van der Waals surface area contributed by atoms with Crippen molar-refractivity contribution in [1.82, 2.24) is 10.2 Å². The second-order valence-electron chi connectivity index (χ2n) is 5.75. The fraction of sp³-hybridized carbons (Fsp3) is 0.600. The number of benzene rings is 1. The SMILES string of the molecule is COc1ccc([N+](=O)[O-])cc1CNC(CN(C)C)C(C)C. The molecule has 0 radical (unpaired) electrons. The third-order valence-electron chi connectivity index (χ3n) is 3.40. The maximum Gasteiger partial charge on any atom is 0.270 e. The third-order valence-corrected chi connectivity index (χ3v) is 3.40. The third kappa shape index (κ3) is 5.32. The molecule has 118 valence electrons. The molecule has 6 heteroatoms. The van der Waals surface area contributed by atoms with Crippen molar-refractivity contribution in [3.05, 3.63) is 33.9 Å². The molecule has 0 spiro atoms. The van der Waals surface area contributed by atoms with Gasteiger partial charge in [0, 0.05) is 36.8 Å². The standard InChI is InChI=1S/C15H25N3O3/c1-11(2)14(10-17(3)4)16-9-12-8-13(18(19)20)6-7-15(12)21-5/h6-8,11,14,16H,9-10H2,1-5H3. The van der Waals surface area contributed by atoms with E-state index in [0.717, 1.165) is 12.1 Å². The molecule has 0 fully saturated rings. The molecule has 6 nitrogen and oxygen atoms in total. The van der Waals surface area contributed by atoms with E-state index in [4.69, 9.17) is 4.74 Å². The Bertz CT molecular complexity index is 475. The highest BCUT2D eigenvalue weighted by atomic mass is 16.6. The first-order chi connectivity index (χ1) is 9.85. The van der Waals surface area contributed by atoms with Gasteiger partial charge in [-0.1, -0.05) is 13.8 Å². The Kier molecular flexibility index (Phi) is 6.58. The van der Waals surface area contributed by atoms with Crippen LogP contribution in [0.3, 0.4) is 0 Å². The average molecular weight is 295 g/mol. The van der Waals surface area contributed by atoms with E-state index in [-0.39, 0.29) is 10.6 Å². The van der Waals surface area contributed by atoms with Crippen LogP contribution in [0.2, 0.25) is 0 Å². The van der Waals surface area contributed by atoms with Crippen molar-refractivity contribution in [2.24, 2.45) is 5.92 Å². The number of hydrogen-bond acceptors (Lipinski definition) is 5. The number of likely N-dealkylation sites (N-methyl/N-ethyl adjacent to an activating group) is 1. The zero-order valence-electron chi connectivity index (χ0n) is 13.4. The first-order valence-corrected chi connectivity index (χ1v) is 7.04. The van der Waals surface area contributed by atoms with Crippen LogP contribution < -0.4 is 10.1 Å². The second kappa shape index (κ2) is 7.95. The number of non-ortho nitro benzene ring substituents is 1. The lowest BCUT2D eigenvalue weighted by Crippen LogP contribution is -2.41. The summed E-state index contributed by atoms with van der Waals surface area (Å²) in [6, 6.07) is 4.98. The number of nitro benzene ring substituents is 1. The number of methoxy groups -OCH3 is 1. The van der Waals surface area contributed by atoms with Crippen LogP contribution in [-0.4, -0.2) is 43.6 Å². The van der Waals surface area contributed by atoms with Gasteiger partial charge in [0.05, 0.1) is 12.0 Å². The van der Waals surface area contributed by atoms with Gasteiger partial charge in [0.25, 0.3) is 5.69 Å². The number of nitrogens with one attached hydrogen (secondary N) is 1. The van der Waals surface area contributed by atoms with Crippen LogP contribution in [0.5, 0.6) is 5.75 Å². The normalized spacial score (nSPS) is 12.7. The lowest BCUT2D eigenvalue weighted by molar-refractivity contribution is -0.384. The van der Waals surface area contributed by atoms with Crippen molar-refractivity contribution >= 4 is 5.69 Å². The van der Waals surface area contributed by atoms with Crippen LogP contribution in [0.25, 0.3) is 0 Å². The smallest absolute Gasteiger partial charge is 0.270 e. The number of hydrogen-bond donors (Lipinski definition) is 1. The predicted octanol–water partition coefficient (Wildman–Crippen LogP) is 2.28. The quantitative estimate of drug-likeness (QED) is 0.588. The minimum absolute atomic E-state index is 0.0845. The second-order valence-corrected chi connectivity index (χ2v) is 5.75. The van der Waals surface area contributed by atoms with Gasteiger partial charge in [-0.25, -0.2) is 0 Å². The highest BCUT2D eigenvalue weighted by Crippen LogP contribution is 2.24. The average Bonchev–Trinajstić information content (AvgIpc) is 2.42. The fourth-order valence-electron chi connectivity index (χ4n) is 2.16. The number of ether oxygens (including phenoxy) is 1. The molecule has 0 aliphatic heterocycles. The van der Waals surface area contributed by atoms with Crippen molar-refractivity contribution in [2.75, 3.05) is 27.7 Å². The molecule has 0 amide bonds. The minimum atomic E-state index is -0.386. The lowest BCUT2D eigenvalue weighted by Gasteiger charge is -2.26. The minimum Gasteiger partial charge on any atom is -0.496 e. The first-order valence-electron chi connectivity index (χ1n) is 7.04. The highest BCUT2D eigenvalue weighted by molar-refractivity contribution is 5.43. The van der Waals surface area contributed by atoms with Crippen LogP contribution in [0, 0.1) is 16.0 Å². The molecule has 1 N–H and O–H groups in total. The van der Waals surface area contributed by atoms with E-state index >= 15 is 0 Å². The van der Waals surface area contributed by atoms with E-state index in [2.05, 4.69) is 24.1 Å². The molecule has 0 bridgehead atoms. The van der Waals surface area contributed by atoms with E-state index < -0.39 is 0 Å². The molecule has 0 saturated heterocycles. The van der Waals surface area contributed by atoms with Gasteiger partial charge in [-0.05, 0) is 26.1 Å². The van der Waals surface area contributed by atoms with Gasteiger partial charge < -0.3 is 15.0 Å². The Morgan fingerprint density at radius 2 is 2.05 bits per heavy atom. The van der Waals surface area contributed by atoms with Crippen LogP contribution in [0.1, 0.15) is 19.4 Å². The molecule has 1 aromatic rings. The molecule has 0 aliphatic carbocycles. The maximum atomic E-state index is 10.9. The lowest BCUT2D eigenvalue weighted by atomic mass is 10.0. The van der Waals surface area contributed by atoms with Crippen molar-refractivity contribution in [3.8, 4) is 5.75 Å². The highest BCUT2D eigenvalue weighted by Gasteiger charge is 2.16. The Morgan fingerprint density at radius 3 is 2.52 bits per heavy atom. The number of nitro groups is 1. The molecule has 1 aromatic carbocycles. The van der Waals surface area contributed by atoms with Crippen LogP contribution in [0.15, 0.2) is 18.2 Å². The summed E-state index contributed by atoms with van der Waals surface area (Å²) >= 11 is 0. The van der Waals surface area contributed by atoms with Gasteiger partial charge in [0.15, 0.2) is 0 Å². The number of rotatable bonds is 8. The van der Waals surface area contributed by atoms with Crippen molar-refractivity contribution < 1.29 is 9.66 Å². The topological polar surface area (TPSA) is 67.6 Å². The zero-order chi connectivity index (χ0) is 16.0. The predicted molar refractivity (Wildman–Crippen MR) is 83.7 cm³/mol. The van der Waals surface area contributed by atoms with E-state index in [1.54, 1.807) is 19.2 Å². The summed E-state index contributed by atoms with van der Waals surface area (Å²) in [5, 5.41) is 14.3. The molecule has 21 heavy (non-hydrogen) atoms. The van der Waals surface area contributed by atoms with Crippen molar-refractivity contribution in [2.45, 2.75) is 26.4 Å². The molecule has 1 unspecified atom stereocenters. The summed E-state index contributed by atoms with van der Waals surface area (Å²) in [7, 11) is 5.64. The van der Waals surface area contributed by atoms with Crippen LogP contribution in [-0.2, 0) is 6.54 Å². The molecule has 0 saturated carbocycles. The largest absolute Gasteiger partial charge is 0.496 e. The van der Waals surface area contributed by atoms with E-state index in [1.165, 1.54) is 6.07 Å². The molecule has 0 aromatic heterocycles. The molecular formula is C15H25N3O3. The van der Waals surface area contributed by atoms with Gasteiger partial charge in [0.2, 0.25) is 0 Å². The molecular weight excluding hydrogens is 270 g/mol. The summed E-state index contributed by atoms with van der Waals surface area (Å²) in [4.78, 5) is 12.6. The van der Waals surface area contributed by atoms with Crippen molar-refractivity contribution in [1.29, 1.82) is 0 Å². The van der Waals surface area contributed by atoms with Gasteiger partial charge in [0.1, 0.15) is 5.75 Å². The summed E-state index contributed by atoms with van der Waals surface area (Å²) in [6.45, 7) is 5.77. The molecule has 0 heterocycles. The van der Waals surface area contributed by atoms with Crippen molar-refractivity contribution in [3.63, 3.8) is 0 Å².